The van der Waals surface area contributed by atoms with Gasteiger partial charge in [-0.3, -0.25) is 19.2 Å². The molecule has 0 bridgehead atoms. The average Bonchev–Trinajstić information content (AvgIpc) is 3.40. The number of rotatable bonds is 13. The predicted octanol–water partition coefficient (Wildman–Crippen LogP) is 3.40. The highest BCUT2D eigenvalue weighted by molar-refractivity contribution is 5.92. The number of carboxylic acid groups (broad SMARTS) is 1. The van der Waals surface area contributed by atoms with E-state index in [9.17, 15) is 24.0 Å². The molecule has 0 aliphatic rings. The van der Waals surface area contributed by atoms with Crippen LogP contribution in [0.4, 0.5) is 4.79 Å². The van der Waals surface area contributed by atoms with Crippen LogP contribution in [0.2, 0.25) is 0 Å². The second kappa shape index (κ2) is 16.5. The first kappa shape index (κ1) is 34.2. The molecule has 12 heteroatoms. The molecule has 5 N–H and O–H groups in total. The highest BCUT2D eigenvalue weighted by Gasteiger charge is 2.27. The number of carboxylic acids is 1. The zero-order chi connectivity index (χ0) is 32.8. The maximum atomic E-state index is 13.5. The molecule has 0 saturated heterocycles. The normalized spacial score (nSPS) is 12.2. The highest BCUT2D eigenvalue weighted by atomic mass is 16.6. The van der Waals surface area contributed by atoms with Crippen LogP contribution in [-0.4, -0.2) is 64.2 Å². The van der Waals surface area contributed by atoms with Crippen LogP contribution in [0.5, 0.6) is 0 Å². The van der Waals surface area contributed by atoms with Gasteiger partial charge in [0.15, 0.2) is 0 Å². The van der Waals surface area contributed by atoms with E-state index < -0.39 is 54.1 Å². The van der Waals surface area contributed by atoms with Crippen molar-refractivity contribution in [1.82, 2.24) is 20.9 Å². The van der Waals surface area contributed by atoms with E-state index in [-0.39, 0.29) is 32.3 Å². The molecule has 0 radical (unpaired) electrons. The number of aromatic nitrogens is 1. The number of amides is 3. The zero-order valence-corrected chi connectivity index (χ0v) is 25.5. The van der Waals surface area contributed by atoms with Gasteiger partial charge in [0.2, 0.25) is 11.8 Å². The molecule has 12 nitrogen and oxygen atoms in total. The van der Waals surface area contributed by atoms with Gasteiger partial charge in [-0.15, -0.1) is 0 Å². The number of aliphatic carboxylic acids is 1. The lowest BCUT2D eigenvalue weighted by molar-refractivity contribution is -0.155. The lowest BCUT2D eigenvalue weighted by Gasteiger charge is -2.22. The molecule has 0 spiro atoms. The Morgan fingerprint density at radius 3 is 2.36 bits per heavy atom. The van der Waals surface area contributed by atoms with Gasteiger partial charge < -0.3 is 35.5 Å². The maximum absolute atomic E-state index is 13.5. The van der Waals surface area contributed by atoms with Gasteiger partial charge in [-0.25, -0.2) is 4.79 Å². The van der Waals surface area contributed by atoms with Crippen molar-refractivity contribution in [2.45, 2.75) is 70.7 Å². The number of hydrogen-bond acceptors (Lipinski definition) is 7. The molecule has 2 aromatic carbocycles. The maximum Gasteiger partial charge on any atom is 0.408 e. The van der Waals surface area contributed by atoms with Gasteiger partial charge in [-0.1, -0.05) is 60.4 Å². The molecule has 0 aliphatic heterocycles. The molecule has 0 aliphatic carbocycles. The number of fused-ring (bicyclic) bond motifs is 1. The SMILES string of the molecule is CC(C)(C)OC(=O)CCC[C@H](NC(=O)[C@H](CC#Cc1c[nH]c2ccccc12)NC(=O)OCc1ccccc1)C(=O)NCC(=O)O. The largest absolute Gasteiger partial charge is 0.480 e. The fourth-order valence-electron chi connectivity index (χ4n) is 4.21. The molecular weight excluding hydrogens is 580 g/mol. The van der Waals surface area contributed by atoms with Crippen LogP contribution >= 0.6 is 0 Å². The van der Waals surface area contributed by atoms with E-state index >= 15 is 0 Å². The molecule has 3 aromatic rings. The van der Waals surface area contributed by atoms with E-state index in [2.05, 4.69) is 32.8 Å². The lowest BCUT2D eigenvalue weighted by atomic mass is 10.1. The lowest BCUT2D eigenvalue weighted by Crippen LogP contribution is -2.54. The first-order chi connectivity index (χ1) is 21.4. The number of ether oxygens (including phenoxy) is 2. The number of aromatic amines is 1. The summed E-state index contributed by atoms with van der Waals surface area (Å²) in [4.78, 5) is 65.3. The summed E-state index contributed by atoms with van der Waals surface area (Å²) in [7, 11) is 0. The topological polar surface area (TPSA) is 176 Å². The fourth-order valence-corrected chi connectivity index (χ4v) is 4.21. The van der Waals surface area contributed by atoms with Gasteiger partial charge in [-0.05, 0) is 45.2 Å². The van der Waals surface area contributed by atoms with Gasteiger partial charge >= 0.3 is 18.0 Å². The van der Waals surface area contributed by atoms with Crippen molar-refractivity contribution in [2.24, 2.45) is 0 Å². The van der Waals surface area contributed by atoms with Crippen molar-refractivity contribution in [3.8, 4) is 11.8 Å². The summed E-state index contributed by atoms with van der Waals surface area (Å²) in [6, 6.07) is 14.1. The molecule has 0 fully saturated rings. The van der Waals surface area contributed by atoms with E-state index in [0.717, 1.165) is 16.5 Å². The molecule has 238 valence electrons. The van der Waals surface area contributed by atoms with Gasteiger partial charge in [0.1, 0.15) is 30.8 Å². The van der Waals surface area contributed by atoms with Crippen LogP contribution in [0.15, 0.2) is 60.8 Å². The van der Waals surface area contributed by atoms with Crippen molar-refractivity contribution < 1.29 is 38.6 Å². The van der Waals surface area contributed by atoms with Gasteiger partial charge in [-0.2, -0.15) is 0 Å². The molecule has 45 heavy (non-hydrogen) atoms. The summed E-state index contributed by atoms with van der Waals surface area (Å²) in [6.07, 6.45) is 0.874. The number of carbonyl (C=O) groups excluding carboxylic acids is 4. The molecule has 1 aromatic heterocycles. The number of benzene rings is 2. The predicted molar refractivity (Wildman–Crippen MR) is 166 cm³/mol. The number of alkyl carbamates (subject to hydrolysis) is 1. The van der Waals surface area contributed by atoms with Gasteiger partial charge in [0.25, 0.3) is 0 Å². The Kier molecular flexibility index (Phi) is 12.5. The third-order valence-corrected chi connectivity index (χ3v) is 6.28. The van der Waals surface area contributed by atoms with E-state index in [4.69, 9.17) is 14.6 Å². The molecular formula is C33H38N4O8. The Labute approximate surface area is 261 Å². The second-order valence-corrected chi connectivity index (χ2v) is 11.2. The summed E-state index contributed by atoms with van der Waals surface area (Å²) < 4.78 is 10.6. The Hall–Kier alpha value is -5.31. The summed E-state index contributed by atoms with van der Waals surface area (Å²) in [5.41, 5.74) is 1.64. The molecule has 0 saturated carbocycles. The van der Waals surface area contributed by atoms with Gasteiger partial charge in [0.05, 0.1) is 0 Å². The number of para-hydroxylation sites is 1. The number of esters is 1. The average molecular weight is 619 g/mol. The summed E-state index contributed by atoms with van der Waals surface area (Å²) in [6.45, 7) is 4.49. The van der Waals surface area contributed by atoms with Crippen molar-refractivity contribution in [2.75, 3.05) is 6.54 Å². The van der Waals surface area contributed by atoms with Crippen LogP contribution in [-0.2, 0) is 35.3 Å². The van der Waals surface area contributed by atoms with Crippen LogP contribution in [0.25, 0.3) is 10.9 Å². The van der Waals surface area contributed by atoms with E-state index in [0.29, 0.717) is 5.56 Å². The number of hydrogen-bond donors (Lipinski definition) is 5. The van der Waals surface area contributed by atoms with Gasteiger partial charge in [0, 0.05) is 35.5 Å². The third-order valence-electron chi connectivity index (χ3n) is 6.28. The Morgan fingerprint density at radius 2 is 1.64 bits per heavy atom. The van der Waals surface area contributed by atoms with Crippen molar-refractivity contribution in [3.63, 3.8) is 0 Å². The highest BCUT2D eigenvalue weighted by Crippen LogP contribution is 2.16. The zero-order valence-electron chi connectivity index (χ0n) is 25.5. The van der Waals surface area contributed by atoms with Crippen LogP contribution in [0.1, 0.15) is 57.6 Å². The first-order valence-corrected chi connectivity index (χ1v) is 14.4. The van der Waals surface area contributed by atoms with Crippen LogP contribution in [0, 0.1) is 11.8 Å². The minimum atomic E-state index is -1.27. The summed E-state index contributed by atoms with van der Waals surface area (Å²) >= 11 is 0. The molecule has 3 amide bonds. The Bertz CT molecular complexity index is 1550. The minimum absolute atomic E-state index is 0.00261. The Balaban J connectivity index is 1.74. The van der Waals surface area contributed by atoms with E-state index in [1.165, 1.54) is 0 Å². The molecule has 1 heterocycles. The van der Waals surface area contributed by atoms with Crippen LogP contribution in [0.3, 0.4) is 0 Å². The Morgan fingerprint density at radius 1 is 0.933 bits per heavy atom. The monoisotopic (exact) mass is 618 g/mol. The van der Waals surface area contributed by atoms with Crippen molar-refractivity contribution in [3.05, 3.63) is 71.9 Å². The molecule has 0 unspecified atom stereocenters. The fraction of sp³-hybridized carbons (Fsp3) is 0.364. The molecule has 2 atom stereocenters. The number of carbonyl (C=O) groups is 5. The number of H-pyrrole nitrogens is 1. The van der Waals surface area contributed by atoms with Crippen LogP contribution < -0.4 is 16.0 Å². The van der Waals surface area contributed by atoms with Crippen molar-refractivity contribution >= 4 is 40.7 Å². The van der Waals surface area contributed by atoms with E-state index in [1.54, 1.807) is 51.2 Å². The number of nitrogens with one attached hydrogen (secondary N) is 4. The standard InChI is InChI=1S/C33H38N4O8/c1-33(2,3)45-29(40)18-10-17-26(30(41)35-20-28(38)39)36-31(42)27(37-32(43)44-21-22-11-5-4-6-12-22)16-9-13-23-19-34-25-15-8-7-14-24(23)25/h4-8,11-12,14-15,19,26-27,34H,10,16-18,20-21H2,1-3H3,(H,35,41)(H,36,42)(H,37,43)(H,38,39)/t26-,27-/m0/s1. The third kappa shape index (κ3) is 12.1. The van der Waals surface area contributed by atoms with Crippen molar-refractivity contribution in [1.29, 1.82) is 0 Å². The summed E-state index contributed by atoms with van der Waals surface area (Å²) in [5, 5.41) is 17.2. The smallest absolute Gasteiger partial charge is 0.408 e. The van der Waals surface area contributed by atoms with E-state index in [1.807, 2.05) is 30.3 Å². The second-order valence-electron chi connectivity index (χ2n) is 11.2. The first-order valence-electron chi connectivity index (χ1n) is 14.4. The quantitative estimate of drug-likeness (QED) is 0.143. The molecule has 3 rings (SSSR count). The minimum Gasteiger partial charge on any atom is -0.480 e. The summed E-state index contributed by atoms with van der Waals surface area (Å²) in [5.74, 6) is 2.68.